The van der Waals surface area contributed by atoms with Crippen LogP contribution in [0.5, 0.6) is 11.5 Å². The predicted octanol–water partition coefficient (Wildman–Crippen LogP) is 5.31. The van der Waals surface area contributed by atoms with Gasteiger partial charge in [0, 0.05) is 17.5 Å². The fraction of sp³-hybridized carbons (Fsp3) is 0.227. The first-order chi connectivity index (χ1) is 13.2. The van der Waals surface area contributed by atoms with Crippen LogP contribution >= 0.6 is 11.3 Å². The lowest BCUT2D eigenvalue weighted by molar-refractivity contribution is -0.0190. The first-order valence-electron chi connectivity index (χ1n) is 9.04. The van der Waals surface area contributed by atoms with E-state index in [0.29, 0.717) is 0 Å². The van der Waals surface area contributed by atoms with Crippen molar-refractivity contribution in [2.45, 2.75) is 25.6 Å². The van der Waals surface area contributed by atoms with Gasteiger partial charge in [-0.2, -0.15) is 5.10 Å². The lowest BCUT2D eigenvalue weighted by atomic mass is 9.97. The molecule has 3 aromatic rings. The van der Waals surface area contributed by atoms with E-state index in [2.05, 4.69) is 59.8 Å². The van der Waals surface area contributed by atoms with Crippen molar-refractivity contribution in [3.05, 3.63) is 81.5 Å². The molecule has 4 nitrogen and oxygen atoms in total. The summed E-state index contributed by atoms with van der Waals surface area (Å²) in [5.41, 5.74) is 4.51. The van der Waals surface area contributed by atoms with Crippen LogP contribution in [0.2, 0.25) is 0 Å². The van der Waals surface area contributed by atoms with Gasteiger partial charge in [-0.1, -0.05) is 24.3 Å². The van der Waals surface area contributed by atoms with Crippen molar-refractivity contribution in [1.29, 1.82) is 0 Å². The van der Waals surface area contributed by atoms with Crippen LogP contribution in [-0.4, -0.2) is 17.8 Å². The van der Waals surface area contributed by atoms with Crippen molar-refractivity contribution in [3.63, 3.8) is 0 Å². The monoisotopic (exact) mass is 376 g/mol. The van der Waals surface area contributed by atoms with E-state index in [4.69, 9.17) is 14.6 Å². The molecule has 2 aliphatic rings. The smallest absolute Gasteiger partial charge is 0.213 e. The summed E-state index contributed by atoms with van der Waals surface area (Å²) in [6, 6.07) is 18.9. The number of hydrogen-bond acceptors (Lipinski definition) is 5. The number of aryl methyl sites for hydroxylation is 1. The van der Waals surface area contributed by atoms with Crippen molar-refractivity contribution in [3.8, 4) is 11.5 Å². The van der Waals surface area contributed by atoms with E-state index >= 15 is 0 Å². The lowest BCUT2D eigenvalue weighted by Crippen LogP contribution is -2.33. The topological polar surface area (TPSA) is 34.1 Å². The predicted molar refractivity (Wildman–Crippen MR) is 108 cm³/mol. The molecule has 0 saturated carbocycles. The zero-order valence-electron chi connectivity index (χ0n) is 15.3. The van der Waals surface area contributed by atoms with Gasteiger partial charge in [0.1, 0.15) is 11.5 Å². The summed E-state index contributed by atoms with van der Waals surface area (Å²) in [6.45, 7) is 2.06. The molecule has 2 atom stereocenters. The van der Waals surface area contributed by atoms with Crippen molar-refractivity contribution in [1.82, 2.24) is 5.01 Å². The fourth-order valence-corrected chi connectivity index (χ4v) is 4.62. The highest BCUT2D eigenvalue weighted by atomic mass is 32.1. The summed E-state index contributed by atoms with van der Waals surface area (Å²) < 4.78 is 11.8. The number of benzene rings is 2. The Balaban J connectivity index is 1.59. The summed E-state index contributed by atoms with van der Waals surface area (Å²) in [5.74, 6) is 1.83. The largest absolute Gasteiger partial charge is 0.496 e. The van der Waals surface area contributed by atoms with E-state index in [1.165, 1.54) is 10.4 Å². The quantitative estimate of drug-likeness (QED) is 0.621. The van der Waals surface area contributed by atoms with Crippen molar-refractivity contribution in [2.24, 2.45) is 5.10 Å². The number of fused-ring (bicyclic) bond motifs is 3. The summed E-state index contributed by atoms with van der Waals surface area (Å²) in [7, 11) is 1.70. The Kier molecular flexibility index (Phi) is 3.90. The summed E-state index contributed by atoms with van der Waals surface area (Å²) in [6.07, 6.45) is 0.652. The maximum absolute atomic E-state index is 6.41. The second-order valence-electron chi connectivity index (χ2n) is 6.86. The van der Waals surface area contributed by atoms with Gasteiger partial charge < -0.3 is 9.47 Å². The van der Waals surface area contributed by atoms with Crippen LogP contribution < -0.4 is 9.47 Å². The van der Waals surface area contributed by atoms with Crippen LogP contribution in [0.4, 0.5) is 0 Å². The number of para-hydroxylation sites is 1. The molecule has 0 spiro atoms. The molecule has 0 bridgehead atoms. The molecule has 27 heavy (non-hydrogen) atoms. The Morgan fingerprint density at radius 1 is 1.15 bits per heavy atom. The van der Waals surface area contributed by atoms with Crippen LogP contribution in [-0.2, 0) is 0 Å². The van der Waals surface area contributed by atoms with Gasteiger partial charge >= 0.3 is 0 Å². The summed E-state index contributed by atoms with van der Waals surface area (Å²) in [5, 5.41) is 9.21. The third-order valence-electron chi connectivity index (χ3n) is 5.21. The number of ether oxygens (including phenoxy) is 2. The molecular weight excluding hydrogens is 356 g/mol. The Morgan fingerprint density at radius 3 is 2.81 bits per heavy atom. The first kappa shape index (κ1) is 16.4. The molecule has 2 aromatic carbocycles. The average molecular weight is 376 g/mol. The zero-order valence-corrected chi connectivity index (χ0v) is 16.1. The highest BCUT2D eigenvalue weighted by molar-refractivity contribution is 7.12. The van der Waals surface area contributed by atoms with Gasteiger partial charge in [-0.3, -0.25) is 0 Å². The van der Waals surface area contributed by atoms with Crippen LogP contribution in [0.1, 0.15) is 40.3 Å². The normalized spacial score (nSPS) is 20.5. The highest BCUT2D eigenvalue weighted by Gasteiger charge is 2.41. The second-order valence-corrected chi connectivity index (χ2v) is 7.81. The standard InChI is InChI=1S/C22H20N2O2S/c1-14-12-15(9-10-19(14)25-2)22-24-18(16-6-3-4-7-20(16)26-22)13-17(23-24)21-8-5-11-27-21/h3-12,18,22H,13H2,1-2H3/t18-,22-/m0/s1. The molecule has 136 valence electrons. The minimum absolute atomic E-state index is 0.194. The van der Waals surface area contributed by atoms with Crippen molar-refractivity contribution >= 4 is 17.0 Å². The van der Waals surface area contributed by atoms with Gasteiger partial charge in [0.05, 0.1) is 23.7 Å². The zero-order chi connectivity index (χ0) is 18.4. The number of rotatable bonds is 3. The molecule has 5 rings (SSSR count). The molecule has 3 heterocycles. The van der Waals surface area contributed by atoms with Crippen LogP contribution in [0.25, 0.3) is 0 Å². The molecule has 0 aliphatic carbocycles. The molecule has 0 N–H and O–H groups in total. The second kappa shape index (κ2) is 6.43. The van der Waals surface area contributed by atoms with Crippen molar-refractivity contribution in [2.75, 3.05) is 7.11 Å². The van der Waals surface area contributed by atoms with Gasteiger partial charge in [0.2, 0.25) is 6.23 Å². The fourth-order valence-electron chi connectivity index (χ4n) is 3.90. The molecule has 0 radical (unpaired) electrons. The molecule has 2 aliphatic heterocycles. The third-order valence-corrected chi connectivity index (χ3v) is 6.13. The maximum atomic E-state index is 6.41. The molecule has 1 aromatic heterocycles. The Bertz CT molecular complexity index is 1010. The molecule has 0 saturated heterocycles. The van der Waals surface area contributed by atoms with Gasteiger partial charge in [0.15, 0.2) is 0 Å². The van der Waals surface area contributed by atoms with Gasteiger partial charge in [0.25, 0.3) is 0 Å². The Hall–Kier alpha value is -2.79. The lowest BCUT2D eigenvalue weighted by Gasteiger charge is -2.38. The maximum Gasteiger partial charge on any atom is 0.213 e. The van der Waals surface area contributed by atoms with E-state index < -0.39 is 0 Å². The number of methoxy groups -OCH3 is 1. The van der Waals surface area contributed by atoms with Gasteiger partial charge in [-0.15, -0.1) is 11.3 Å². The molecule has 5 heteroatoms. The van der Waals surface area contributed by atoms with E-state index in [-0.39, 0.29) is 12.3 Å². The molecule has 0 unspecified atom stereocenters. The average Bonchev–Trinajstić information content (AvgIpc) is 3.37. The minimum atomic E-state index is -0.244. The van der Waals surface area contributed by atoms with Crippen LogP contribution in [0.15, 0.2) is 65.1 Å². The summed E-state index contributed by atoms with van der Waals surface area (Å²) >= 11 is 1.74. The third kappa shape index (κ3) is 2.70. The Labute approximate surface area is 162 Å². The van der Waals surface area contributed by atoms with E-state index in [1.807, 2.05) is 12.1 Å². The van der Waals surface area contributed by atoms with E-state index in [0.717, 1.165) is 34.8 Å². The summed E-state index contributed by atoms with van der Waals surface area (Å²) in [4.78, 5) is 1.23. The highest BCUT2D eigenvalue weighted by Crippen LogP contribution is 2.47. The number of hydrazone groups is 1. The minimum Gasteiger partial charge on any atom is -0.496 e. The van der Waals surface area contributed by atoms with Crippen LogP contribution in [0.3, 0.4) is 0 Å². The van der Waals surface area contributed by atoms with Crippen LogP contribution in [0, 0.1) is 6.92 Å². The Morgan fingerprint density at radius 2 is 2.04 bits per heavy atom. The van der Waals surface area contributed by atoms with Gasteiger partial charge in [-0.25, -0.2) is 5.01 Å². The number of nitrogens with zero attached hydrogens (tertiary/aromatic N) is 2. The van der Waals surface area contributed by atoms with E-state index in [9.17, 15) is 0 Å². The number of hydrogen-bond donors (Lipinski definition) is 0. The molecule has 0 fully saturated rings. The van der Waals surface area contributed by atoms with E-state index in [1.54, 1.807) is 18.4 Å². The van der Waals surface area contributed by atoms with Gasteiger partial charge in [-0.05, 0) is 48.2 Å². The van der Waals surface area contributed by atoms with Crippen molar-refractivity contribution < 1.29 is 9.47 Å². The SMILES string of the molecule is COc1ccc([C@@H]2Oc3ccccc3[C@@H]3CC(c4cccs4)=NN32)cc1C. The number of thiophene rings is 1. The first-order valence-corrected chi connectivity index (χ1v) is 9.92. The molecular formula is C22H20N2O2S. The molecule has 0 amide bonds.